The zero-order valence-electron chi connectivity index (χ0n) is 13.9. The fourth-order valence-corrected chi connectivity index (χ4v) is 2.34. The van der Waals surface area contributed by atoms with Crippen LogP contribution in [0.2, 0.25) is 5.02 Å². The molecule has 148 valence electrons. The lowest BCUT2D eigenvalue weighted by Gasteiger charge is -2.21. The SMILES string of the molecule is Cc1ccc(Oc2c(C(F)(F)C(F)(F)F)nc(-c3ccn[nH]3)[nH]c2=O)cc1Cl. The van der Waals surface area contributed by atoms with Crippen LogP contribution in [-0.4, -0.2) is 26.3 Å². The lowest BCUT2D eigenvalue weighted by Crippen LogP contribution is -2.36. The molecule has 0 aliphatic carbocycles. The number of benzene rings is 1. The van der Waals surface area contributed by atoms with E-state index in [4.69, 9.17) is 16.3 Å². The maximum Gasteiger partial charge on any atom is 0.459 e. The highest BCUT2D eigenvalue weighted by atomic mass is 35.5. The molecule has 0 aliphatic rings. The molecule has 2 aromatic heterocycles. The van der Waals surface area contributed by atoms with Gasteiger partial charge in [0.05, 0.1) is 0 Å². The summed E-state index contributed by atoms with van der Waals surface area (Å²) in [5, 5.41) is 6.01. The van der Waals surface area contributed by atoms with E-state index < -0.39 is 34.9 Å². The lowest BCUT2D eigenvalue weighted by atomic mass is 10.2. The molecule has 2 N–H and O–H groups in total. The van der Waals surface area contributed by atoms with Crippen LogP contribution in [-0.2, 0) is 5.92 Å². The minimum atomic E-state index is -6.01. The number of ether oxygens (including phenoxy) is 1. The van der Waals surface area contributed by atoms with Gasteiger partial charge in [0.1, 0.15) is 11.4 Å². The number of aromatic nitrogens is 4. The van der Waals surface area contributed by atoms with Gasteiger partial charge < -0.3 is 9.72 Å². The standard InChI is InChI=1S/C16H10ClF5N4O2/c1-7-2-3-8(6-9(7)17)28-11-12(15(18,19)16(20,21)22)24-13(25-14(11)27)10-4-5-23-26-10/h2-6H,1H3,(H,23,26)(H,24,25,27). The summed E-state index contributed by atoms with van der Waals surface area (Å²) in [6.45, 7) is 1.64. The van der Waals surface area contributed by atoms with Crippen molar-refractivity contribution in [1.82, 2.24) is 20.2 Å². The highest BCUT2D eigenvalue weighted by Gasteiger charge is 2.62. The lowest BCUT2D eigenvalue weighted by molar-refractivity contribution is -0.291. The number of H-pyrrole nitrogens is 2. The van der Waals surface area contributed by atoms with Crippen LogP contribution in [0.15, 0.2) is 35.3 Å². The van der Waals surface area contributed by atoms with Gasteiger partial charge in [0.25, 0.3) is 5.56 Å². The molecule has 12 heteroatoms. The summed E-state index contributed by atoms with van der Waals surface area (Å²) in [5.41, 5.74) is -2.68. The number of hydrogen-bond acceptors (Lipinski definition) is 4. The molecule has 3 aromatic rings. The second-order valence-corrected chi connectivity index (χ2v) is 6.05. The smallest absolute Gasteiger partial charge is 0.449 e. The maximum absolute atomic E-state index is 14.1. The van der Waals surface area contributed by atoms with Crippen molar-refractivity contribution in [2.75, 3.05) is 0 Å². The first-order valence-corrected chi connectivity index (χ1v) is 7.91. The predicted octanol–water partition coefficient (Wildman–Crippen LogP) is 4.57. The van der Waals surface area contributed by atoms with Crippen molar-refractivity contribution < 1.29 is 26.7 Å². The number of nitrogens with one attached hydrogen (secondary N) is 2. The van der Waals surface area contributed by atoms with Crippen LogP contribution in [0.25, 0.3) is 11.5 Å². The Labute approximate surface area is 158 Å². The Kier molecular flexibility index (Phi) is 4.88. The molecular formula is C16H10ClF5N4O2. The molecule has 0 amide bonds. The predicted molar refractivity (Wildman–Crippen MR) is 88.7 cm³/mol. The van der Waals surface area contributed by atoms with Crippen LogP contribution >= 0.6 is 11.6 Å². The van der Waals surface area contributed by atoms with Crippen molar-refractivity contribution in [2.45, 2.75) is 19.0 Å². The van der Waals surface area contributed by atoms with E-state index in [9.17, 15) is 26.7 Å². The van der Waals surface area contributed by atoms with Crippen molar-refractivity contribution in [3.63, 3.8) is 0 Å². The first kappa shape index (κ1) is 19.8. The van der Waals surface area contributed by atoms with Gasteiger partial charge in [-0.25, -0.2) is 4.98 Å². The second kappa shape index (κ2) is 6.89. The molecule has 0 bridgehead atoms. The van der Waals surface area contributed by atoms with Gasteiger partial charge >= 0.3 is 12.1 Å². The van der Waals surface area contributed by atoms with E-state index >= 15 is 0 Å². The van der Waals surface area contributed by atoms with Crippen LogP contribution in [0.4, 0.5) is 22.0 Å². The van der Waals surface area contributed by atoms with E-state index in [-0.39, 0.29) is 16.5 Å². The largest absolute Gasteiger partial charge is 0.459 e. The van der Waals surface area contributed by atoms with Gasteiger partial charge in [-0.2, -0.15) is 27.1 Å². The van der Waals surface area contributed by atoms with E-state index in [2.05, 4.69) is 20.2 Å². The third kappa shape index (κ3) is 3.57. The van der Waals surface area contributed by atoms with Crippen molar-refractivity contribution >= 4 is 11.6 Å². The van der Waals surface area contributed by atoms with Crippen LogP contribution < -0.4 is 10.3 Å². The quantitative estimate of drug-likeness (QED) is 0.606. The van der Waals surface area contributed by atoms with Crippen molar-refractivity contribution in [2.24, 2.45) is 0 Å². The first-order valence-electron chi connectivity index (χ1n) is 7.54. The molecule has 0 aliphatic heterocycles. The summed E-state index contributed by atoms with van der Waals surface area (Å²) in [6.07, 6.45) is -4.81. The van der Waals surface area contributed by atoms with Crippen molar-refractivity contribution in [3.05, 3.63) is 57.1 Å². The normalized spacial score (nSPS) is 12.2. The van der Waals surface area contributed by atoms with E-state index in [0.29, 0.717) is 5.56 Å². The molecular weight excluding hydrogens is 411 g/mol. The molecule has 0 spiro atoms. The average Bonchev–Trinajstić information content (AvgIpc) is 3.13. The summed E-state index contributed by atoms with van der Waals surface area (Å²) in [6, 6.07) is 5.11. The average molecular weight is 421 g/mol. The molecule has 28 heavy (non-hydrogen) atoms. The summed E-state index contributed by atoms with van der Waals surface area (Å²) in [5.74, 6) is -7.53. The Morgan fingerprint density at radius 2 is 1.86 bits per heavy atom. The Bertz CT molecular complexity index is 1060. The molecule has 0 saturated carbocycles. The number of aryl methyl sites for hydroxylation is 1. The highest BCUT2D eigenvalue weighted by Crippen LogP contribution is 2.46. The van der Waals surface area contributed by atoms with Gasteiger partial charge in [-0.1, -0.05) is 17.7 Å². The number of alkyl halides is 5. The van der Waals surface area contributed by atoms with Gasteiger partial charge in [0, 0.05) is 11.2 Å². The third-order valence-corrected chi connectivity index (χ3v) is 4.06. The Morgan fingerprint density at radius 1 is 1.14 bits per heavy atom. The third-order valence-electron chi connectivity index (χ3n) is 3.65. The summed E-state index contributed by atoms with van der Waals surface area (Å²) in [7, 11) is 0. The molecule has 0 atom stereocenters. The Hall–Kier alpha value is -2.95. The summed E-state index contributed by atoms with van der Waals surface area (Å²) in [4.78, 5) is 17.7. The molecule has 3 rings (SSSR count). The van der Waals surface area contributed by atoms with E-state index in [1.54, 1.807) is 6.92 Å². The number of nitrogens with zero attached hydrogens (tertiary/aromatic N) is 2. The fourth-order valence-electron chi connectivity index (χ4n) is 2.17. The van der Waals surface area contributed by atoms with Crippen LogP contribution in [0, 0.1) is 6.92 Å². The maximum atomic E-state index is 14.1. The van der Waals surface area contributed by atoms with Gasteiger partial charge in [-0.05, 0) is 30.7 Å². The fraction of sp³-hybridized carbons (Fsp3) is 0.188. The van der Waals surface area contributed by atoms with Gasteiger partial charge in [0.2, 0.25) is 5.75 Å². The van der Waals surface area contributed by atoms with Gasteiger partial charge in [-0.3, -0.25) is 9.89 Å². The number of rotatable bonds is 4. The Morgan fingerprint density at radius 3 is 2.43 bits per heavy atom. The summed E-state index contributed by atoms with van der Waals surface area (Å²) < 4.78 is 72.1. The van der Waals surface area contributed by atoms with E-state index in [1.165, 1.54) is 30.5 Å². The highest BCUT2D eigenvalue weighted by molar-refractivity contribution is 6.31. The van der Waals surface area contributed by atoms with Crippen molar-refractivity contribution in [1.29, 1.82) is 0 Å². The zero-order chi connectivity index (χ0) is 20.7. The minimum absolute atomic E-state index is 0.0683. The van der Waals surface area contributed by atoms with Crippen LogP contribution in [0.5, 0.6) is 11.5 Å². The number of hydrogen-bond donors (Lipinski definition) is 2. The van der Waals surface area contributed by atoms with E-state index in [0.717, 1.165) is 0 Å². The van der Waals surface area contributed by atoms with Gasteiger partial charge in [0.15, 0.2) is 11.5 Å². The molecule has 0 unspecified atom stereocenters. The Balaban J connectivity index is 2.20. The minimum Gasteiger partial charge on any atom is -0.449 e. The number of halogens is 6. The molecule has 1 aromatic carbocycles. The second-order valence-electron chi connectivity index (χ2n) is 5.65. The van der Waals surface area contributed by atoms with E-state index in [1.807, 2.05) is 0 Å². The topological polar surface area (TPSA) is 83.7 Å². The molecule has 6 nitrogen and oxygen atoms in total. The monoisotopic (exact) mass is 420 g/mol. The van der Waals surface area contributed by atoms with Crippen LogP contribution in [0.3, 0.4) is 0 Å². The molecule has 2 heterocycles. The first-order chi connectivity index (χ1) is 13.0. The van der Waals surface area contributed by atoms with Gasteiger partial charge in [-0.15, -0.1) is 0 Å². The summed E-state index contributed by atoms with van der Waals surface area (Å²) >= 11 is 5.89. The molecule has 0 saturated heterocycles. The molecule has 0 radical (unpaired) electrons. The van der Waals surface area contributed by atoms with Crippen LogP contribution in [0.1, 0.15) is 11.3 Å². The molecule has 0 fully saturated rings. The van der Waals surface area contributed by atoms with Crippen molar-refractivity contribution in [3.8, 4) is 23.0 Å². The zero-order valence-corrected chi connectivity index (χ0v) is 14.6. The number of aromatic amines is 2.